The zero-order chi connectivity index (χ0) is 71.4. The van der Waals surface area contributed by atoms with Crippen LogP contribution in [0.5, 0.6) is 5.75 Å². The highest BCUT2D eigenvalue weighted by Gasteiger charge is 2.37. The first-order chi connectivity index (χ1) is 49.2. The van der Waals surface area contributed by atoms with Crippen molar-refractivity contribution in [3.63, 3.8) is 0 Å². The minimum absolute atomic E-state index is 0.0185. The molecule has 1 aliphatic rings. The summed E-state index contributed by atoms with van der Waals surface area (Å²) >= 11 is 0. The van der Waals surface area contributed by atoms with Crippen molar-refractivity contribution in [3.8, 4) is 5.75 Å². The summed E-state index contributed by atoms with van der Waals surface area (Å²) in [6.45, 7) is -0.260. The van der Waals surface area contributed by atoms with Gasteiger partial charge in [0, 0.05) is 58.2 Å². The molecule has 8 rings (SSSR count). The highest BCUT2D eigenvalue weighted by atomic mass is 16.7. The first-order valence-electron chi connectivity index (χ1n) is 33.6. The first-order valence-corrected chi connectivity index (χ1v) is 33.6. The number of ether oxygens (including phenoxy) is 4. The Balaban J connectivity index is 0.909. The number of hydrogen-bond acceptors (Lipinski definition) is 16. The van der Waals surface area contributed by atoms with Crippen molar-refractivity contribution in [2.24, 2.45) is 0 Å². The third kappa shape index (κ3) is 25.9. The van der Waals surface area contributed by atoms with Crippen LogP contribution in [0.25, 0.3) is 0 Å². The van der Waals surface area contributed by atoms with Crippen LogP contribution in [-0.4, -0.2) is 138 Å². The van der Waals surface area contributed by atoms with Crippen LogP contribution >= 0.6 is 0 Å². The lowest BCUT2D eigenvalue weighted by molar-refractivity contribution is -0.199. The van der Waals surface area contributed by atoms with Gasteiger partial charge in [-0.3, -0.25) is 43.3 Å². The number of aliphatic hydroxyl groups is 1. The lowest BCUT2D eigenvalue weighted by Crippen LogP contribution is -2.58. The molecule has 0 radical (unpaired) electrons. The maximum absolute atomic E-state index is 14.9. The van der Waals surface area contributed by atoms with E-state index in [1.807, 2.05) is 109 Å². The van der Waals surface area contributed by atoms with Gasteiger partial charge in [0.15, 0.2) is 0 Å². The largest absolute Gasteiger partial charge is 0.489 e. The number of nitrogens with zero attached hydrogens (tertiary/aromatic N) is 3. The molecule has 0 saturated carbocycles. The van der Waals surface area contributed by atoms with Crippen LogP contribution in [0.2, 0.25) is 0 Å². The van der Waals surface area contributed by atoms with Gasteiger partial charge >= 0.3 is 18.3 Å². The van der Waals surface area contributed by atoms with Crippen LogP contribution in [0.15, 0.2) is 206 Å². The number of aliphatic hydroxyl groups excluding tert-OH is 1. The molecule has 0 aromatic heterocycles. The number of hydroxylamine groups is 4. The fourth-order valence-corrected chi connectivity index (χ4v) is 10.7. The number of carbonyl (C=O) groups excluding carboxylic acids is 9. The van der Waals surface area contributed by atoms with E-state index in [9.17, 15) is 48.3 Å². The minimum atomic E-state index is -1.65. The summed E-state index contributed by atoms with van der Waals surface area (Å²) in [7, 11) is 1.37. The maximum Gasteiger partial charge on any atom is 0.410 e. The van der Waals surface area contributed by atoms with Crippen molar-refractivity contribution < 1.29 is 76.9 Å². The smallest absolute Gasteiger partial charge is 0.410 e. The van der Waals surface area contributed by atoms with E-state index in [2.05, 4.69) is 31.9 Å². The molecule has 532 valence electrons. The SMILES string of the molecule is CN(C(=O)OCc1ccccc1)[C@@H](CCCN(OCc1ccccc1)C(=O)CCNC(=O)CCNC(=O)[C@@H](NC(=O)OCc1ccccc1)[C@H](O)c1ccccc1OCc1ccccc1)C(=O)N[C@@H](CCCNC(=O)OCc1ccccc1)C(=O)N[C@H]1CCCN(OCc2ccccc2)C1=O. The number of hydrogen-bond donors (Lipinski definition) is 7. The second-order valence-electron chi connectivity index (χ2n) is 23.7. The van der Waals surface area contributed by atoms with Gasteiger partial charge in [-0.25, -0.2) is 24.5 Å². The molecule has 9 amide bonds. The lowest BCUT2D eigenvalue weighted by Gasteiger charge is -2.33. The standard InChI is InChI=1S/C76H87N9O16/c1-83(76(95)99-52-58-31-14-5-15-32-58)64(71(90)80-62(38-22-44-79-74(93)97-50-56-27-10-3-11-28-56)70(89)81-63-39-23-48-85(73(63)92)101-54-60-35-18-7-19-36-60)40-24-47-84(100-53-59-33-16-6-17-34-59)67(87)43-46-77-66(86)42-45-78-72(91)68(82-75(94)98-51-57-29-12-4-13-30-57)69(88)61-37-20-21-41-65(61)96-49-55-25-8-2-9-26-55/h2-21,25-37,41,62-64,68-69,88H,22-24,38-40,42-54H2,1H3,(H,77,86)(H,78,91)(H,79,93)(H,80,90)(H,81,89)(H,82,94)/t62-,63-,64-,68-,69+/m0/s1. The third-order valence-corrected chi connectivity index (χ3v) is 16.2. The number of likely N-dealkylation sites (N-methyl/N-ethyl adjacent to an activating group) is 1. The van der Waals surface area contributed by atoms with Gasteiger partial charge < -0.3 is 56.0 Å². The Hall–Kier alpha value is -11.2. The Morgan fingerprint density at radius 2 is 1.04 bits per heavy atom. The number of alkyl carbamates (subject to hydrolysis) is 2. The third-order valence-electron chi connectivity index (χ3n) is 16.2. The van der Waals surface area contributed by atoms with E-state index in [0.717, 1.165) is 32.2 Å². The van der Waals surface area contributed by atoms with Crippen LogP contribution in [0.1, 0.15) is 96.4 Å². The van der Waals surface area contributed by atoms with E-state index in [1.54, 1.807) is 97.1 Å². The number of piperidine rings is 1. The van der Waals surface area contributed by atoms with Crippen LogP contribution in [-0.2, 0) is 92.3 Å². The molecule has 5 atom stereocenters. The summed E-state index contributed by atoms with van der Waals surface area (Å²) < 4.78 is 22.5. The Labute approximate surface area is 587 Å². The van der Waals surface area contributed by atoms with Gasteiger partial charge in [-0.15, -0.1) is 0 Å². The Bertz CT molecular complexity index is 3740. The number of carbonyl (C=O) groups is 9. The summed E-state index contributed by atoms with van der Waals surface area (Å²) in [5, 5.41) is 30.2. The molecule has 7 aromatic carbocycles. The summed E-state index contributed by atoms with van der Waals surface area (Å²) in [5.41, 5.74) is 4.74. The van der Waals surface area contributed by atoms with E-state index in [-0.39, 0.29) is 129 Å². The van der Waals surface area contributed by atoms with Gasteiger partial charge in [0.25, 0.3) is 5.91 Å². The molecular weight excluding hydrogens is 1290 g/mol. The Kier molecular flexibility index (Phi) is 30.9. The number of benzene rings is 7. The zero-order valence-electron chi connectivity index (χ0n) is 56.4. The molecule has 7 aromatic rings. The van der Waals surface area contributed by atoms with Crippen molar-refractivity contribution in [1.29, 1.82) is 0 Å². The topological polar surface area (TPSA) is 311 Å². The molecular formula is C76H87N9O16. The fraction of sp³-hybridized carbons (Fsp3) is 0.329. The average Bonchev–Trinajstić information content (AvgIpc) is 0.840. The molecule has 0 aliphatic carbocycles. The van der Waals surface area contributed by atoms with Crippen LogP contribution in [0.4, 0.5) is 14.4 Å². The summed E-state index contributed by atoms with van der Waals surface area (Å²) in [6, 6.07) is 55.8. The second-order valence-corrected chi connectivity index (χ2v) is 23.7. The lowest BCUT2D eigenvalue weighted by atomic mass is 10.0. The number of rotatable bonds is 38. The van der Waals surface area contributed by atoms with Gasteiger partial charge in [-0.05, 0) is 78.0 Å². The van der Waals surface area contributed by atoms with Crippen molar-refractivity contribution in [2.75, 3.05) is 39.8 Å². The summed E-state index contributed by atoms with van der Waals surface area (Å²) in [6.07, 6.45) is -3.96. The molecule has 1 aliphatic heterocycles. The van der Waals surface area contributed by atoms with Gasteiger partial charge in [-0.2, -0.15) is 0 Å². The second kappa shape index (κ2) is 41.3. The monoisotopic (exact) mass is 1380 g/mol. The number of amides is 9. The van der Waals surface area contributed by atoms with Crippen LogP contribution in [0.3, 0.4) is 0 Å². The molecule has 0 bridgehead atoms. The summed E-state index contributed by atoms with van der Waals surface area (Å²) in [4.78, 5) is 138. The van der Waals surface area contributed by atoms with Crippen LogP contribution in [0, 0.1) is 0 Å². The van der Waals surface area contributed by atoms with Crippen molar-refractivity contribution in [2.45, 2.75) is 121 Å². The number of para-hydroxylation sites is 1. The van der Waals surface area contributed by atoms with Crippen LogP contribution < -0.4 is 36.6 Å². The van der Waals surface area contributed by atoms with E-state index in [4.69, 9.17) is 28.6 Å². The fourth-order valence-electron chi connectivity index (χ4n) is 10.7. The van der Waals surface area contributed by atoms with E-state index < -0.39 is 84.0 Å². The molecule has 1 heterocycles. The van der Waals surface area contributed by atoms with Gasteiger partial charge in [0.05, 0.1) is 0 Å². The molecule has 101 heavy (non-hydrogen) atoms. The molecule has 25 nitrogen and oxygen atoms in total. The predicted octanol–water partition coefficient (Wildman–Crippen LogP) is 8.41. The molecule has 1 fully saturated rings. The maximum atomic E-state index is 14.9. The van der Waals surface area contributed by atoms with E-state index in [1.165, 1.54) is 12.1 Å². The quantitative estimate of drug-likeness (QED) is 0.0108. The number of nitrogens with one attached hydrogen (secondary N) is 6. The van der Waals surface area contributed by atoms with Crippen molar-refractivity contribution in [1.82, 2.24) is 46.9 Å². The predicted molar refractivity (Wildman–Crippen MR) is 371 cm³/mol. The zero-order valence-corrected chi connectivity index (χ0v) is 56.4. The molecule has 1 saturated heterocycles. The van der Waals surface area contributed by atoms with Crippen molar-refractivity contribution in [3.05, 3.63) is 245 Å². The minimum Gasteiger partial charge on any atom is -0.489 e. The summed E-state index contributed by atoms with van der Waals surface area (Å²) in [5.74, 6) is -3.65. The normalized spacial score (nSPS) is 13.7. The Morgan fingerprint density at radius 1 is 0.525 bits per heavy atom. The molecule has 25 heteroatoms. The van der Waals surface area contributed by atoms with Gasteiger partial charge in [0.1, 0.15) is 75.7 Å². The molecule has 7 N–H and O–H groups in total. The van der Waals surface area contributed by atoms with Crippen molar-refractivity contribution >= 4 is 53.7 Å². The molecule has 0 spiro atoms. The highest BCUT2D eigenvalue weighted by molar-refractivity contribution is 5.94. The van der Waals surface area contributed by atoms with Gasteiger partial charge in [0.2, 0.25) is 29.5 Å². The molecule has 0 unspecified atom stereocenters. The highest BCUT2D eigenvalue weighted by Crippen LogP contribution is 2.29. The first kappa shape index (κ1) is 75.6. The average molecular weight is 1380 g/mol. The van der Waals surface area contributed by atoms with Gasteiger partial charge in [-0.1, -0.05) is 200 Å². The van der Waals surface area contributed by atoms with E-state index in [0.29, 0.717) is 17.5 Å². The van der Waals surface area contributed by atoms with E-state index >= 15 is 0 Å². The Morgan fingerprint density at radius 3 is 1.63 bits per heavy atom.